The van der Waals surface area contributed by atoms with Crippen molar-refractivity contribution < 1.29 is 18.3 Å². The Kier molecular flexibility index (Phi) is 4.69. The van der Waals surface area contributed by atoms with E-state index >= 15 is 0 Å². The Bertz CT molecular complexity index is 783. The van der Waals surface area contributed by atoms with Crippen LogP contribution in [0.3, 0.4) is 0 Å². The summed E-state index contributed by atoms with van der Waals surface area (Å²) in [6.07, 6.45) is 4.11. The van der Waals surface area contributed by atoms with Crippen LogP contribution in [0.25, 0.3) is 10.9 Å². The Morgan fingerprint density at radius 1 is 1.21 bits per heavy atom. The number of methoxy groups -OCH3 is 1. The third-order valence-corrected chi connectivity index (χ3v) is 4.63. The first kappa shape index (κ1) is 16.7. The highest BCUT2D eigenvalue weighted by Gasteiger charge is 2.23. The van der Waals surface area contributed by atoms with Crippen molar-refractivity contribution in [3.8, 4) is 11.5 Å². The molecular formula is C17H20F2N2O3. The molecule has 1 N–H and O–H groups in total. The molecular weight excluding hydrogens is 318 g/mol. The highest BCUT2D eigenvalue weighted by Crippen LogP contribution is 2.35. The van der Waals surface area contributed by atoms with Crippen LogP contribution in [0, 0.1) is 5.92 Å². The van der Waals surface area contributed by atoms with Crippen molar-refractivity contribution in [2.75, 3.05) is 7.11 Å². The van der Waals surface area contributed by atoms with E-state index in [9.17, 15) is 13.6 Å². The number of H-pyrrole nitrogens is 1. The summed E-state index contributed by atoms with van der Waals surface area (Å²) >= 11 is 0. The van der Waals surface area contributed by atoms with Crippen molar-refractivity contribution in [3.63, 3.8) is 0 Å². The van der Waals surface area contributed by atoms with Crippen LogP contribution in [0.4, 0.5) is 8.78 Å². The first-order valence-electron chi connectivity index (χ1n) is 8.04. The molecule has 1 aromatic heterocycles. The lowest BCUT2D eigenvalue weighted by Gasteiger charge is -2.25. The number of halogens is 2. The molecule has 24 heavy (non-hydrogen) atoms. The summed E-state index contributed by atoms with van der Waals surface area (Å²) < 4.78 is 34.6. The second-order valence-corrected chi connectivity index (χ2v) is 6.31. The van der Waals surface area contributed by atoms with Gasteiger partial charge in [0.1, 0.15) is 5.82 Å². The standard InChI is InChI=1S/C17H20F2N2O3/c1-9-3-5-10(6-4-9)15-20-12-8-14(24-17(18)19)13(23-2)7-11(12)16(22)21-15/h7-10,17H,3-6H2,1-2H3,(H,20,21,22). The van der Waals surface area contributed by atoms with Crippen molar-refractivity contribution in [1.82, 2.24) is 9.97 Å². The number of rotatable bonds is 4. The summed E-state index contributed by atoms with van der Waals surface area (Å²) in [6.45, 7) is -0.759. The topological polar surface area (TPSA) is 64.2 Å². The summed E-state index contributed by atoms with van der Waals surface area (Å²) in [5, 5.41) is 0.293. The van der Waals surface area contributed by atoms with Gasteiger partial charge in [0.25, 0.3) is 5.56 Å². The summed E-state index contributed by atoms with van der Waals surface area (Å²) in [6, 6.07) is 2.72. The predicted molar refractivity (Wildman–Crippen MR) is 85.9 cm³/mol. The minimum absolute atomic E-state index is 0.0781. The molecule has 1 heterocycles. The number of ether oxygens (including phenoxy) is 2. The monoisotopic (exact) mass is 338 g/mol. The molecule has 0 aliphatic heterocycles. The van der Waals surface area contributed by atoms with Crippen LogP contribution in [0.15, 0.2) is 16.9 Å². The van der Waals surface area contributed by atoms with E-state index in [-0.39, 0.29) is 23.0 Å². The number of nitrogens with one attached hydrogen (secondary N) is 1. The van der Waals surface area contributed by atoms with E-state index in [0.29, 0.717) is 22.6 Å². The molecule has 130 valence electrons. The van der Waals surface area contributed by atoms with Crippen molar-refractivity contribution in [2.24, 2.45) is 5.92 Å². The van der Waals surface area contributed by atoms with Gasteiger partial charge in [-0.1, -0.05) is 19.8 Å². The fourth-order valence-electron chi connectivity index (χ4n) is 3.24. The zero-order chi connectivity index (χ0) is 17.3. The Balaban J connectivity index is 2.04. The van der Waals surface area contributed by atoms with Gasteiger partial charge in [-0.2, -0.15) is 8.78 Å². The normalized spacial score (nSPS) is 21.2. The van der Waals surface area contributed by atoms with Crippen LogP contribution in [0.5, 0.6) is 11.5 Å². The molecule has 2 aromatic rings. The Morgan fingerprint density at radius 2 is 1.92 bits per heavy atom. The van der Waals surface area contributed by atoms with E-state index in [1.807, 2.05) is 0 Å². The van der Waals surface area contributed by atoms with Crippen LogP contribution in [-0.4, -0.2) is 23.7 Å². The van der Waals surface area contributed by atoms with Crippen molar-refractivity contribution in [2.45, 2.75) is 45.1 Å². The molecule has 0 bridgehead atoms. The highest BCUT2D eigenvalue weighted by atomic mass is 19.3. The molecule has 0 saturated heterocycles. The summed E-state index contributed by atoms with van der Waals surface area (Å²) in [5.74, 6) is 1.45. The molecule has 3 rings (SSSR count). The number of hydrogen-bond acceptors (Lipinski definition) is 4. The van der Waals surface area contributed by atoms with Crippen LogP contribution in [0.2, 0.25) is 0 Å². The van der Waals surface area contributed by atoms with Crippen LogP contribution in [-0.2, 0) is 0 Å². The van der Waals surface area contributed by atoms with E-state index in [2.05, 4.69) is 21.6 Å². The zero-order valence-electron chi connectivity index (χ0n) is 13.6. The van der Waals surface area contributed by atoms with E-state index in [4.69, 9.17) is 4.74 Å². The first-order chi connectivity index (χ1) is 11.5. The maximum Gasteiger partial charge on any atom is 0.387 e. The van der Waals surface area contributed by atoms with Crippen molar-refractivity contribution in [3.05, 3.63) is 28.3 Å². The molecule has 1 aliphatic carbocycles. The fraction of sp³-hybridized carbons (Fsp3) is 0.529. The van der Waals surface area contributed by atoms with E-state index < -0.39 is 6.61 Å². The predicted octanol–water partition coefficient (Wildman–Crippen LogP) is 3.83. The largest absolute Gasteiger partial charge is 0.493 e. The maximum absolute atomic E-state index is 12.6. The number of hydrogen-bond donors (Lipinski definition) is 1. The lowest BCUT2D eigenvalue weighted by molar-refractivity contribution is -0.0511. The fourth-order valence-corrected chi connectivity index (χ4v) is 3.24. The molecule has 0 atom stereocenters. The summed E-state index contributed by atoms with van der Waals surface area (Å²) in [5.41, 5.74) is 0.0411. The average Bonchev–Trinajstić information content (AvgIpc) is 2.54. The van der Waals surface area contributed by atoms with Gasteiger partial charge >= 0.3 is 6.61 Å². The molecule has 1 aromatic carbocycles. The van der Waals surface area contributed by atoms with Gasteiger partial charge in [-0.15, -0.1) is 0 Å². The summed E-state index contributed by atoms with van der Waals surface area (Å²) in [7, 11) is 1.33. The molecule has 7 heteroatoms. The number of aromatic amines is 1. The second kappa shape index (κ2) is 6.75. The number of nitrogens with zero attached hydrogens (tertiary/aromatic N) is 1. The molecule has 1 aliphatic rings. The van der Waals surface area contributed by atoms with E-state index in [1.165, 1.54) is 19.2 Å². The van der Waals surface area contributed by atoms with Gasteiger partial charge in [-0.25, -0.2) is 4.98 Å². The van der Waals surface area contributed by atoms with Gasteiger partial charge in [-0.05, 0) is 24.8 Å². The molecule has 0 amide bonds. The zero-order valence-corrected chi connectivity index (χ0v) is 13.6. The van der Waals surface area contributed by atoms with Crippen LogP contribution >= 0.6 is 0 Å². The number of fused-ring (bicyclic) bond motifs is 1. The molecule has 5 nitrogen and oxygen atoms in total. The third kappa shape index (κ3) is 3.34. The summed E-state index contributed by atoms with van der Waals surface area (Å²) in [4.78, 5) is 19.7. The molecule has 0 radical (unpaired) electrons. The number of aromatic nitrogens is 2. The van der Waals surface area contributed by atoms with Gasteiger partial charge in [0.2, 0.25) is 0 Å². The van der Waals surface area contributed by atoms with E-state index in [0.717, 1.165) is 25.7 Å². The Labute approximate surface area is 138 Å². The van der Waals surface area contributed by atoms with Gasteiger partial charge in [-0.3, -0.25) is 4.79 Å². The van der Waals surface area contributed by atoms with Gasteiger partial charge < -0.3 is 14.5 Å². The smallest absolute Gasteiger partial charge is 0.387 e. The van der Waals surface area contributed by atoms with Crippen LogP contribution < -0.4 is 15.0 Å². The molecule has 1 saturated carbocycles. The van der Waals surface area contributed by atoms with Crippen molar-refractivity contribution in [1.29, 1.82) is 0 Å². The third-order valence-electron chi connectivity index (χ3n) is 4.63. The minimum atomic E-state index is -2.97. The quantitative estimate of drug-likeness (QED) is 0.920. The van der Waals surface area contributed by atoms with E-state index in [1.54, 1.807) is 0 Å². The Hall–Kier alpha value is -2.18. The second-order valence-electron chi connectivity index (χ2n) is 6.31. The number of alkyl halides is 2. The van der Waals surface area contributed by atoms with Crippen molar-refractivity contribution >= 4 is 10.9 Å². The van der Waals surface area contributed by atoms with Gasteiger partial charge in [0.15, 0.2) is 11.5 Å². The lowest BCUT2D eigenvalue weighted by Crippen LogP contribution is -2.18. The Morgan fingerprint density at radius 3 is 2.54 bits per heavy atom. The average molecular weight is 338 g/mol. The number of benzene rings is 1. The first-order valence-corrected chi connectivity index (χ1v) is 8.04. The molecule has 0 unspecified atom stereocenters. The van der Waals surface area contributed by atoms with Crippen LogP contribution in [0.1, 0.15) is 44.3 Å². The van der Waals surface area contributed by atoms with Gasteiger partial charge in [0.05, 0.1) is 18.0 Å². The lowest BCUT2D eigenvalue weighted by atomic mass is 9.82. The SMILES string of the molecule is COc1cc2c(=O)[nH]c(C3CCC(C)CC3)nc2cc1OC(F)F. The minimum Gasteiger partial charge on any atom is -0.493 e. The molecule has 1 fully saturated rings. The maximum atomic E-state index is 12.6. The molecule has 0 spiro atoms. The van der Waals surface area contributed by atoms with Gasteiger partial charge in [0, 0.05) is 12.0 Å². The highest BCUT2D eigenvalue weighted by molar-refractivity contribution is 5.81.